The second-order valence-corrected chi connectivity index (χ2v) is 7.36. The van der Waals surface area contributed by atoms with Gasteiger partial charge in [0.1, 0.15) is 0 Å². The van der Waals surface area contributed by atoms with Crippen LogP contribution in [-0.4, -0.2) is 10.3 Å². The number of unbranched alkanes of at least 4 members (excludes halogenated alkanes) is 1. The molecule has 0 atom stereocenters. The molecule has 1 aliphatic rings. The van der Waals surface area contributed by atoms with Gasteiger partial charge in [0.05, 0.1) is 5.01 Å². The molecule has 0 unspecified atom stereocenters. The molecule has 1 aliphatic carbocycles. The van der Waals surface area contributed by atoms with Crippen molar-refractivity contribution in [3.8, 4) is 0 Å². The number of rotatable bonds is 6. The normalized spacial score (nSPS) is 28.4. The maximum atomic E-state index is 4.47. The zero-order chi connectivity index (χ0) is 12.8. The SMILES string of the molecule is CCCCC1CCC(CBr)(Cc2nccs2)CC1. The van der Waals surface area contributed by atoms with Crippen molar-refractivity contribution in [2.75, 3.05) is 5.33 Å². The van der Waals surface area contributed by atoms with Crippen molar-refractivity contribution >= 4 is 27.3 Å². The van der Waals surface area contributed by atoms with E-state index in [2.05, 4.69) is 33.2 Å². The van der Waals surface area contributed by atoms with Gasteiger partial charge in [0, 0.05) is 23.3 Å². The van der Waals surface area contributed by atoms with Gasteiger partial charge in [-0.05, 0) is 37.0 Å². The second-order valence-electron chi connectivity index (χ2n) is 5.82. The minimum absolute atomic E-state index is 0.487. The van der Waals surface area contributed by atoms with Gasteiger partial charge in [-0.2, -0.15) is 0 Å². The molecule has 18 heavy (non-hydrogen) atoms. The summed E-state index contributed by atoms with van der Waals surface area (Å²) in [6.45, 7) is 2.30. The van der Waals surface area contributed by atoms with E-state index in [0.717, 1.165) is 11.2 Å². The Morgan fingerprint density at radius 2 is 2.22 bits per heavy atom. The molecule has 0 N–H and O–H groups in total. The molecular weight excluding hydrogens is 306 g/mol. The van der Waals surface area contributed by atoms with Gasteiger partial charge in [0.2, 0.25) is 0 Å². The summed E-state index contributed by atoms with van der Waals surface area (Å²) in [4.78, 5) is 4.47. The van der Waals surface area contributed by atoms with E-state index in [1.807, 2.05) is 17.5 Å². The Kier molecular flexibility index (Phi) is 5.68. The molecule has 0 aliphatic heterocycles. The third-order valence-electron chi connectivity index (χ3n) is 4.42. The second kappa shape index (κ2) is 7.04. The van der Waals surface area contributed by atoms with Crippen LogP contribution in [0.5, 0.6) is 0 Å². The number of alkyl halides is 1. The van der Waals surface area contributed by atoms with Gasteiger partial charge in [0.15, 0.2) is 0 Å². The first-order valence-electron chi connectivity index (χ1n) is 7.22. The van der Waals surface area contributed by atoms with Gasteiger partial charge in [-0.15, -0.1) is 11.3 Å². The first-order chi connectivity index (χ1) is 8.78. The predicted octanol–water partition coefficient (Wildman–Crippen LogP) is 5.45. The number of halogens is 1. The lowest BCUT2D eigenvalue weighted by Crippen LogP contribution is -2.31. The van der Waals surface area contributed by atoms with Crippen molar-refractivity contribution in [1.29, 1.82) is 0 Å². The summed E-state index contributed by atoms with van der Waals surface area (Å²) in [6, 6.07) is 0. The Morgan fingerprint density at radius 1 is 1.44 bits per heavy atom. The third-order valence-corrected chi connectivity index (χ3v) is 6.39. The highest BCUT2D eigenvalue weighted by Gasteiger charge is 2.34. The van der Waals surface area contributed by atoms with Crippen LogP contribution in [0, 0.1) is 11.3 Å². The summed E-state index contributed by atoms with van der Waals surface area (Å²) in [6.07, 6.45) is 12.9. The van der Waals surface area contributed by atoms with Crippen molar-refractivity contribution < 1.29 is 0 Å². The lowest BCUT2D eigenvalue weighted by Gasteiger charge is -2.38. The first kappa shape index (κ1) is 14.5. The molecule has 1 aromatic heterocycles. The summed E-state index contributed by atoms with van der Waals surface area (Å²) in [5.41, 5.74) is 0.487. The summed E-state index contributed by atoms with van der Waals surface area (Å²) in [7, 11) is 0. The Bertz CT molecular complexity index is 328. The summed E-state index contributed by atoms with van der Waals surface area (Å²) < 4.78 is 0. The van der Waals surface area contributed by atoms with Crippen LogP contribution in [0.3, 0.4) is 0 Å². The quantitative estimate of drug-likeness (QED) is 0.632. The van der Waals surface area contributed by atoms with Crippen molar-refractivity contribution in [2.45, 2.75) is 58.3 Å². The first-order valence-corrected chi connectivity index (χ1v) is 9.22. The van der Waals surface area contributed by atoms with E-state index in [1.165, 1.54) is 56.4 Å². The van der Waals surface area contributed by atoms with E-state index in [-0.39, 0.29) is 0 Å². The Labute approximate surface area is 124 Å². The van der Waals surface area contributed by atoms with E-state index in [4.69, 9.17) is 0 Å². The molecule has 0 amide bonds. The molecule has 2 rings (SSSR count). The van der Waals surface area contributed by atoms with Crippen molar-refractivity contribution in [3.05, 3.63) is 16.6 Å². The molecule has 102 valence electrons. The van der Waals surface area contributed by atoms with Crippen molar-refractivity contribution in [1.82, 2.24) is 4.98 Å². The van der Waals surface area contributed by atoms with Crippen LogP contribution in [-0.2, 0) is 6.42 Å². The van der Waals surface area contributed by atoms with E-state index >= 15 is 0 Å². The minimum Gasteiger partial charge on any atom is -0.250 e. The Hall–Kier alpha value is 0.110. The molecular formula is C15H24BrNS. The average Bonchev–Trinajstić information content (AvgIpc) is 2.91. The van der Waals surface area contributed by atoms with Gasteiger partial charge < -0.3 is 0 Å². The topological polar surface area (TPSA) is 12.9 Å². The molecule has 1 fully saturated rings. The molecule has 0 radical (unpaired) electrons. The highest BCUT2D eigenvalue weighted by molar-refractivity contribution is 9.09. The Balaban J connectivity index is 1.87. The van der Waals surface area contributed by atoms with Gasteiger partial charge in [0.25, 0.3) is 0 Å². The van der Waals surface area contributed by atoms with Gasteiger partial charge in [-0.3, -0.25) is 0 Å². The molecule has 0 spiro atoms. The highest BCUT2D eigenvalue weighted by Crippen LogP contribution is 2.44. The predicted molar refractivity (Wildman–Crippen MR) is 83.5 cm³/mol. The number of nitrogens with zero attached hydrogens (tertiary/aromatic N) is 1. The van der Waals surface area contributed by atoms with Gasteiger partial charge in [-0.25, -0.2) is 4.98 Å². The van der Waals surface area contributed by atoms with Crippen LogP contribution < -0.4 is 0 Å². The van der Waals surface area contributed by atoms with E-state index in [0.29, 0.717) is 5.41 Å². The highest BCUT2D eigenvalue weighted by atomic mass is 79.9. The smallest absolute Gasteiger partial charge is 0.0930 e. The maximum Gasteiger partial charge on any atom is 0.0930 e. The molecule has 0 saturated heterocycles. The molecule has 1 aromatic rings. The third kappa shape index (κ3) is 3.80. The van der Waals surface area contributed by atoms with Crippen LogP contribution in [0.1, 0.15) is 56.9 Å². The number of aromatic nitrogens is 1. The van der Waals surface area contributed by atoms with Crippen LogP contribution in [0.25, 0.3) is 0 Å². The maximum absolute atomic E-state index is 4.47. The summed E-state index contributed by atoms with van der Waals surface area (Å²) in [5, 5.41) is 4.56. The molecule has 1 saturated carbocycles. The molecule has 0 bridgehead atoms. The zero-order valence-corrected chi connectivity index (χ0v) is 13.7. The lowest BCUT2D eigenvalue weighted by atomic mass is 9.69. The summed E-state index contributed by atoms with van der Waals surface area (Å²) >= 11 is 5.58. The van der Waals surface area contributed by atoms with Crippen LogP contribution in [0.4, 0.5) is 0 Å². The average molecular weight is 330 g/mol. The fourth-order valence-electron chi connectivity index (χ4n) is 3.09. The summed E-state index contributed by atoms with van der Waals surface area (Å²) in [5.74, 6) is 0.994. The monoisotopic (exact) mass is 329 g/mol. The molecule has 1 nitrogen and oxygen atoms in total. The Morgan fingerprint density at radius 3 is 2.78 bits per heavy atom. The fourth-order valence-corrected chi connectivity index (χ4v) is 4.64. The van der Waals surface area contributed by atoms with Crippen LogP contribution in [0.15, 0.2) is 11.6 Å². The number of hydrogen-bond acceptors (Lipinski definition) is 2. The van der Waals surface area contributed by atoms with Crippen molar-refractivity contribution in [2.24, 2.45) is 11.3 Å². The number of hydrogen-bond donors (Lipinski definition) is 0. The van der Waals surface area contributed by atoms with Gasteiger partial charge in [-0.1, -0.05) is 42.1 Å². The van der Waals surface area contributed by atoms with E-state index in [1.54, 1.807) is 0 Å². The van der Waals surface area contributed by atoms with Crippen LogP contribution in [0.2, 0.25) is 0 Å². The minimum atomic E-state index is 0.487. The van der Waals surface area contributed by atoms with Crippen molar-refractivity contribution in [3.63, 3.8) is 0 Å². The van der Waals surface area contributed by atoms with E-state index in [9.17, 15) is 0 Å². The molecule has 3 heteroatoms. The largest absolute Gasteiger partial charge is 0.250 e. The molecule has 0 aromatic carbocycles. The fraction of sp³-hybridized carbons (Fsp3) is 0.800. The van der Waals surface area contributed by atoms with Crippen LogP contribution >= 0.6 is 27.3 Å². The lowest BCUT2D eigenvalue weighted by molar-refractivity contribution is 0.168. The van der Waals surface area contributed by atoms with E-state index < -0.39 is 0 Å². The zero-order valence-electron chi connectivity index (χ0n) is 11.3. The molecule has 1 heterocycles. The number of thiazole rings is 1. The standard InChI is InChI=1S/C15H24BrNS/c1-2-3-4-13-5-7-15(12-16,8-6-13)11-14-17-9-10-18-14/h9-10,13H,2-8,11-12H2,1H3. The van der Waals surface area contributed by atoms with Gasteiger partial charge >= 0.3 is 0 Å².